The highest BCUT2D eigenvalue weighted by atomic mass is 16.5. The number of hydrogen-bond donors (Lipinski definition) is 2. The van der Waals surface area contributed by atoms with Crippen molar-refractivity contribution >= 4 is 17.3 Å². The third kappa shape index (κ3) is 5.02. The summed E-state index contributed by atoms with van der Waals surface area (Å²) in [5, 5.41) is 6.49. The van der Waals surface area contributed by atoms with Crippen LogP contribution in [0.3, 0.4) is 0 Å². The molecule has 0 saturated carbocycles. The standard InChI is InChI=1S/C25H33N3O2/c1-18(21-8-7-20-5-3-4-6-22(20)17-21)26-19(2)25(29)27-23-9-11-24(12-10-23)28-13-15-30-16-14-28/h7-12,17-19,26H,3-6,13-16H2,1-2H3,(H,27,29)/t18-,19-/m0/s1. The molecule has 0 unspecified atom stereocenters. The van der Waals surface area contributed by atoms with Gasteiger partial charge < -0.3 is 15.0 Å². The molecule has 2 aliphatic rings. The fourth-order valence-electron chi connectivity index (χ4n) is 4.40. The van der Waals surface area contributed by atoms with E-state index in [1.807, 2.05) is 19.1 Å². The Morgan fingerprint density at radius 2 is 1.67 bits per heavy atom. The second-order valence-corrected chi connectivity index (χ2v) is 8.48. The molecule has 30 heavy (non-hydrogen) atoms. The van der Waals surface area contributed by atoms with Crippen LogP contribution in [-0.2, 0) is 22.4 Å². The van der Waals surface area contributed by atoms with E-state index in [1.165, 1.54) is 48.1 Å². The van der Waals surface area contributed by atoms with Gasteiger partial charge in [-0.3, -0.25) is 10.1 Å². The number of anilines is 2. The normalized spacial score (nSPS) is 18.4. The van der Waals surface area contributed by atoms with E-state index in [1.54, 1.807) is 0 Å². The number of fused-ring (bicyclic) bond motifs is 1. The molecule has 1 saturated heterocycles. The van der Waals surface area contributed by atoms with Crippen molar-refractivity contribution in [2.75, 3.05) is 36.5 Å². The number of aryl methyl sites for hydroxylation is 2. The maximum Gasteiger partial charge on any atom is 0.241 e. The monoisotopic (exact) mass is 407 g/mol. The van der Waals surface area contributed by atoms with Gasteiger partial charge in [0.2, 0.25) is 5.91 Å². The van der Waals surface area contributed by atoms with Crippen LogP contribution < -0.4 is 15.5 Å². The first-order chi connectivity index (χ1) is 14.6. The van der Waals surface area contributed by atoms with E-state index in [0.29, 0.717) is 0 Å². The van der Waals surface area contributed by atoms with Crippen molar-refractivity contribution in [1.82, 2.24) is 5.32 Å². The lowest BCUT2D eigenvalue weighted by atomic mass is 9.89. The molecule has 1 amide bonds. The van der Waals surface area contributed by atoms with Crippen molar-refractivity contribution in [3.05, 3.63) is 59.2 Å². The predicted octanol–water partition coefficient (Wildman–Crippen LogP) is 4.08. The minimum absolute atomic E-state index is 0.0149. The second kappa shape index (κ2) is 9.63. The number of morpholine rings is 1. The average molecular weight is 408 g/mol. The Labute approximate surface area is 179 Å². The summed E-state index contributed by atoms with van der Waals surface area (Å²) >= 11 is 0. The molecular weight excluding hydrogens is 374 g/mol. The van der Waals surface area contributed by atoms with Crippen molar-refractivity contribution in [2.24, 2.45) is 0 Å². The van der Waals surface area contributed by atoms with Gasteiger partial charge in [-0.2, -0.15) is 0 Å². The van der Waals surface area contributed by atoms with E-state index in [2.05, 4.69) is 52.8 Å². The SMILES string of the molecule is C[C@H](N[C@@H](C)c1ccc2c(c1)CCCC2)C(=O)Nc1ccc(N2CCOCC2)cc1. The van der Waals surface area contributed by atoms with Gasteiger partial charge >= 0.3 is 0 Å². The van der Waals surface area contributed by atoms with E-state index < -0.39 is 0 Å². The Kier molecular flexibility index (Phi) is 6.70. The molecular formula is C25H33N3O2. The number of nitrogens with one attached hydrogen (secondary N) is 2. The summed E-state index contributed by atoms with van der Waals surface area (Å²) in [6.45, 7) is 7.41. The minimum Gasteiger partial charge on any atom is -0.378 e. The maximum absolute atomic E-state index is 12.7. The summed E-state index contributed by atoms with van der Waals surface area (Å²) in [7, 11) is 0. The first-order valence-electron chi connectivity index (χ1n) is 11.2. The Morgan fingerprint density at radius 3 is 2.40 bits per heavy atom. The number of carbonyl (C=O) groups is 1. The third-order valence-electron chi connectivity index (χ3n) is 6.28. The summed E-state index contributed by atoms with van der Waals surface area (Å²) in [6.07, 6.45) is 4.94. The van der Waals surface area contributed by atoms with Gasteiger partial charge in [-0.1, -0.05) is 18.2 Å². The van der Waals surface area contributed by atoms with Crippen LogP contribution in [0, 0.1) is 0 Å². The molecule has 0 spiro atoms. The highest BCUT2D eigenvalue weighted by molar-refractivity contribution is 5.94. The Balaban J connectivity index is 1.32. The van der Waals surface area contributed by atoms with Gasteiger partial charge in [-0.25, -0.2) is 0 Å². The summed E-state index contributed by atoms with van der Waals surface area (Å²) in [5.74, 6) is -0.0149. The summed E-state index contributed by atoms with van der Waals surface area (Å²) < 4.78 is 5.41. The van der Waals surface area contributed by atoms with Crippen LogP contribution in [0.15, 0.2) is 42.5 Å². The third-order valence-corrected chi connectivity index (χ3v) is 6.28. The number of rotatable bonds is 6. The largest absolute Gasteiger partial charge is 0.378 e. The number of ether oxygens (including phenoxy) is 1. The highest BCUT2D eigenvalue weighted by Crippen LogP contribution is 2.25. The molecule has 1 heterocycles. The number of hydrogen-bond acceptors (Lipinski definition) is 4. The molecule has 4 rings (SSSR count). The lowest BCUT2D eigenvalue weighted by Gasteiger charge is -2.29. The van der Waals surface area contributed by atoms with Crippen molar-refractivity contribution in [3.8, 4) is 0 Å². The van der Waals surface area contributed by atoms with Crippen molar-refractivity contribution in [1.29, 1.82) is 0 Å². The Hall–Kier alpha value is -2.37. The molecule has 1 aliphatic carbocycles. The van der Waals surface area contributed by atoms with Crippen LogP contribution in [-0.4, -0.2) is 38.3 Å². The molecule has 1 aliphatic heterocycles. The Bertz CT molecular complexity index is 859. The van der Waals surface area contributed by atoms with Crippen LogP contribution >= 0.6 is 0 Å². The smallest absolute Gasteiger partial charge is 0.241 e. The molecule has 1 fully saturated rings. The highest BCUT2D eigenvalue weighted by Gasteiger charge is 2.18. The van der Waals surface area contributed by atoms with E-state index >= 15 is 0 Å². The van der Waals surface area contributed by atoms with E-state index in [4.69, 9.17) is 4.74 Å². The fourth-order valence-corrected chi connectivity index (χ4v) is 4.40. The number of benzene rings is 2. The topological polar surface area (TPSA) is 53.6 Å². The quantitative estimate of drug-likeness (QED) is 0.758. The number of amides is 1. The molecule has 2 N–H and O–H groups in total. The van der Waals surface area contributed by atoms with Gasteiger partial charge in [0.1, 0.15) is 0 Å². The molecule has 0 aromatic heterocycles. The van der Waals surface area contributed by atoms with Crippen LogP contribution in [0.1, 0.15) is 49.4 Å². The van der Waals surface area contributed by atoms with Gasteiger partial charge in [-0.05, 0) is 80.5 Å². The lowest BCUT2D eigenvalue weighted by Crippen LogP contribution is -2.39. The summed E-state index contributed by atoms with van der Waals surface area (Å²) in [4.78, 5) is 15.0. The zero-order chi connectivity index (χ0) is 20.9. The van der Waals surface area contributed by atoms with Gasteiger partial charge in [0.05, 0.1) is 19.3 Å². The zero-order valence-corrected chi connectivity index (χ0v) is 18.1. The van der Waals surface area contributed by atoms with E-state index in [0.717, 1.165) is 32.0 Å². The van der Waals surface area contributed by atoms with E-state index in [-0.39, 0.29) is 18.0 Å². The molecule has 2 atom stereocenters. The van der Waals surface area contributed by atoms with Crippen LogP contribution in [0.5, 0.6) is 0 Å². The molecule has 2 aromatic carbocycles. The van der Waals surface area contributed by atoms with Crippen molar-refractivity contribution in [3.63, 3.8) is 0 Å². The van der Waals surface area contributed by atoms with Gasteiger partial charge in [0.15, 0.2) is 0 Å². The van der Waals surface area contributed by atoms with Crippen molar-refractivity contribution in [2.45, 2.75) is 51.6 Å². The maximum atomic E-state index is 12.7. The second-order valence-electron chi connectivity index (χ2n) is 8.48. The van der Waals surface area contributed by atoms with Crippen molar-refractivity contribution < 1.29 is 9.53 Å². The molecule has 2 aromatic rings. The number of nitrogens with zero attached hydrogens (tertiary/aromatic N) is 1. The Morgan fingerprint density at radius 1 is 0.967 bits per heavy atom. The first-order valence-corrected chi connectivity index (χ1v) is 11.2. The number of carbonyl (C=O) groups excluding carboxylic acids is 1. The molecule has 0 bridgehead atoms. The fraction of sp³-hybridized carbons (Fsp3) is 0.480. The summed E-state index contributed by atoms with van der Waals surface area (Å²) in [6, 6.07) is 14.7. The van der Waals surface area contributed by atoms with Gasteiger partial charge in [0.25, 0.3) is 0 Å². The lowest BCUT2D eigenvalue weighted by molar-refractivity contribution is -0.117. The summed E-state index contributed by atoms with van der Waals surface area (Å²) in [5.41, 5.74) is 6.22. The molecule has 5 heteroatoms. The molecule has 160 valence electrons. The first kappa shape index (κ1) is 20.9. The van der Waals surface area contributed by atoms with Crippen LogP contribution in [0.4, 0.5) is 11.4 Å². The van der Waals surface area contributed by atoms with Gasteiger partial charge in [-0.15, -0.1) is 0 Å². The van der Waals surface area contributed by atoms with Crippen LogP contribution in [0.2, 0.25) is 0 Å². The van der Waals surface area contributed by atoms with E-state index in [9.17, 15) is 4.79 Å². The van der Waals surface area contributed by atoms with Crippen LogP contribution in [0.25, 0.3) is 0 Å². The average Bonchev–Trinajstić information content (AvgIpc) is 2.79. The van der Waals surface area contributed by atoms with Gasteiger partial charge in [0, 0.05) is 30.5 Å². The predicted molar refractivity (Wildman–Crippen MR) is 122 cm³/mol. The molecule has 0 radical (unpaired) electrons. The molecule has 5 nitrogen and oxygen atoms in total. The minimum atomic E-state index is -0.282. The zero-order valence-electron chi connectivity index (χ0n) is 18.1.